The molecule has 1 N–H and O–H groups in total. The molecule has 2 nitrogen and oxygen atoms in total. The Morgan fingerprint density at radius 2 is 2.05 bits per heavy atom. The molecule has 100 valence electrons. The third-order valence-electron chi connectivity index (χ3n) is 4.24. The average Bonchev–Trinajstić information content (AvgIpc) is 2.36. The molecule has 2 heteroatoms. The Hall–Kier alpha value is -1.70. The van der Waals surface area contributed by atoms with Gasteiger partial charge in [-0.25, -0.2) is 0 Å². The summed E-state index contributed by atoms with van der Waals surface area (Å²) in [6.45, 7) is 4.59. The van der Waals surface area contributed by atoms with Crippen LogP contribution in [0.25, 0.3) is 10.8 Å². The molecule has 0 saturated heterocycles. The van der Waals surface area contributed by atoms with E-state index >= 15 is 0 Å². The SMILES string of the molecule is COc1cccc2cc3c(c(O)c12)CCC(C)(C)C3. The van der Waals surface area contributed by atoms with Gasteiger partial charge in [-0.3, -0.25) is 0 Å². The highest BCUT2D eigenvalue weighted by Gasteiger charge is 2.28. The van der Waals surface area contributed by atoms with E-state index in [0.717, 1.165) is 41.3 Å². The van der Waals surface area contributed by atoms with Gasteiger partial charge >= 0.3 is 0 Å². The van der Waals surface area contributed by atoms with Crippen LogP contribution in [0.5, 0.6) is 11.5 Å². The highest BCUT2D eigenvalue weighted by molar-refractivity contribution is 5.95. The number of hydrogen-bond acceptors (Lipinski definition) is 2. The first kappa shape index (κ1) is 12.3. The highest BCUT2D eigenvalue weighted by Crippen LogP contribution is 2.44. The molecule has 0 fully saturated rings. The lowest BCUT2D eigenvalue weighted by Gasteiger charge is -2.32. The number of benzene rings is 2. The minimum Gasteiger partial charge on any atom is -0.507 e. The van der Waals surface area contributed by atoms with Gasteiger partial charge in [0.1, 0.15) is 11.5 Å². The Labute approximate surface area is 114 Å². The maximum atomic E-state index is 10.6. The van der Waals surface area contributed by atoms with Crippen LogP contribution < -0.4 is 4.74 Å². The topological polar surface area (TPSA) is 29.5 Å². The van der Waals surface area contributed by atoms with Gasteiger partial charge in [0.2, 0.25) is 0 Å². The average molecular weight is 256 g/mol. The third-order valence-corrected chi connectivity index (χ3v) is 4.24. The lowest BCUT2D eigenvalue weighted by molar-refractivity contribution is 0.311. The molecule has 1 aliphatic rings. The summed E-state index contributed by atoms with van der Waals surface area (Å²) in [5, 5.41) is 12.5. The second-order valence-corrected chi connectivity index (χ2v) is 6.26. The lowest BCUT2D eigenvalue weighted by atomic mass is 9.73. The molecule has 3 rings (SSSR count). The van der Waals surface area contributed by atoms with Crippen LogP contribution in [-0.4, -0.2) is 12.2 Å². The smallest absolute Gasteiger partial charge is 0.130 e. The molecule has 1 aliphatic carbocycles. The Kier molecular flexibility index (Phi) is 2.70. The minimum absolute atomic E-state index is 0.325. The summed E-state index contributed by atoms with van der Waals surface area (Å²) >= 11 is 0. The third kappa shape index (κ3) is 1.95. The number of hydrogen-bond donors (Lipinski definition) is 1. The maximum absolute atomic E-state index is 10.6. The second kappa shape index (κ2) is 4.16. The van der Waals surface area contributed by atoms with E-state index in [1.165, 1.54) is 5.56 Å². The van der Waals surface area contributed by atoms with Gasteiger partial charge in [-0.15, -0.1) is 0 Å². The molecule has 0 heterocycles. The van der Waals surface area contributed by atoms with Crippen molar-refractivity contribution in [1.82, 2.24) is 0 Å². The molecule has 0 spiro atoms. The summed E-state index contributed by atoms with van der Waals surface area (Å²) in [4.78, 5) is 0. The predicted octanol–water partition coefficient (Wildman–Crippen LogP) is 4.07. The van der Waals surface area contributed by atoms with Crippen molar-refractivity contribution in [2.75, 3.05) is 7.11 Å². The zero-order valence-electron chi connectivity index (χ0n) is 11.8. The lowest BCUT2D eigenvalue weighted by Crippen LogP contribution is -2.22. The van der Waals surface area contributed by atoms with E-state index in [4.69, 9.17) is 4.74 Å². The maximum Gasteiger partial charge on any atom is 0.130 e. The first-order valence-corrected chi connectivity index (χ1v) is 6.82. The van der Waals surface area contributed by atoms with Crippen molar-refractivity contribution in [3.05, 3.63) is 35.4 Å². The van der Waals surface area contributed by atoms with E-state index in [0.29, 0.717) is 11.2 Å². The minimum atomic E-state index is 0.325. The first-order valence-electron chi connectivity index (χ1n) is 6.82. The van der Waals surface area contributed by atoms with Crippen LogP contribution in [0.4, 0.5) is 0 Å². The summed E-state index contributed by atoms with van der Waals surface area (Å²) < 4.78 is 5.38. The molecule has 0 unspecified atom stereocenters. The normalized spacial score (nSPS) is 17.2. The van der Waals surface area contributed by atoms with Crippen LogP contribution in [0, 0.1) is 5.41 Å². The Balaban J connectivity index is 2.28. The van der Waals surface area contributed by atoms with Crippen molar-refractivity contribution in [3.8, 4) is 11.5 Å². The molecule has 19 heavy (non-hydrogen) atoms. The number of methoxy groups -OCH3 is 1. The number of ether oxygens (including phenoxy) is 1. The summed E-state index contributed by atoms with van der Waals surface area (Å²) in [7, 11) is 1.65. The van der Waals surface area contributed by atoms with E-state index in [1.54, 1.807) is 7.11 Å². The Morgan fingerprint density at radius 1 is 1.26 bits per heavy atom. The first-order chi connectivity index (χ1) is 9.02. The van der Waals surface area contributed by atoms with Crippen molar-refractivity contribution < 1.29 is 9.84 Å². The van der Waals surface area contributed by atoms with Gasteiger partial charge in [0, 0.05) is 0 Å². The molecule has 0 atom stereocenters. The summed E-state index contributed by atoms with van der Waals surface area (Å²) in [6.07, 6.45) is 3.10. The largest absolute Gasteiger partial charge is 0.507 e. The van der Waals surface area contributed by atoms with Crippen molar-refractivity contribution in [2.45, 2.75) is 33.1 Å². The van der Waals surface area contributed by atoms with Crippen LogP contribution in [0.15, 0.2) is 24.3 Å². The van der Waals surface area contributed by atoms with Gasteiger partial charge in [-0.05, 0) is 47.3 Å². The van der Waals surface area contributed by atoms with Crippen molar-refractivity contribution in [3.63, 3.8) is 0 Å². The molecule has 0 radical (unpaired) electrons. The number of phenols is 1. The standard InChI is InChI=1S/C17H20O2/c1-17(2)8-7-13-12(10-17)9-11-5-4-6-14(19-3)15(11)16(13)18/h4-6,9,18H,7-8,10H2,1-3H3. The number of phenolic OH excluding ortho intramolecular Hbond substituents is 1. The van der Waals surface area contributed by atoms with Crippen molar-refractivity contribution in [1.29, 1.82) is 0 Å². The number of rotatable bonds is 1. The predicted molar refractivity (Wildman–Crippen MR) is 78.0 cm³/mol. The zero-order valence-corrected chi connectivity index (χ0v) is 11.8. The Morgan fingerprint density at radius 3 is 2.79 bits per heavy atom. The van der Waals surface area contributed by atoms with Gasteiger partial charge < -0.3 is 9.84 Å². The van der Waals surface area contributed by atoms with E-state index < -0.39 is 0 Å². The van der Waals surface area contributed by atoms with E-state index in [-0.39, 0.29) is 0 Å². The summed E-state index contributed by atoms with van der Waals surface area (Å²) in [6, 6.07) is 8.13. The van der Waals surface area contributed by atoms with Crippen LogP contribution in [0.1, 0.15) is 31.4 Å². The molecule has 0 aromatic heterocycles. The number of fused-ring (bicyclic) bond motifs is 2. The molecular weight excluding hydrogens is 236 g/mol. The second-order valence-electron chi connectivity index (χ2n) is 6.26. The van der Waals surface area contributed by atoms with E-state index in [2.05, 4.69) is 19.9 Å². The van der Waals surface area contributed by atoms with Crippen LogP contribution >= 0.6 is 0 Å². The van der Waals surface area contributed by atoms with Gasteiger partial charge in [0.25, 0.3) is 0 Å². The van der Waals surface area contributed by atoms with Crippen LogP contribution in [0.3, 0.4) is 0 Å². The fourth-order valence-electron chi connectivity index (χ4n) is 3.17. The molecule has 0 amide bonds. The van der Waals surface area contributed by atoms with Gasteiger partial charge in [0.05, 0.1) is 12.5 Å². The molecule has 0 bridgehead atoms. The van der Waals surface area contributed by atoms with E-state index in [9.17, 15) is 5.11 Å². The fourth-order valence-corrected chi connectivity index (χ4v) is 3.17. The summed E-state index contributed by atoms with van der Waals surface area (Å²) in [5.74, 6) is 1.17. The number of aromatic hydroxyl groups is 1. The van der Waals surface area contributed by atoms with Gasteiger partial charge in [-0.1, -0.05) is 32.0 Å². The Bertz CT molecular complexity index is 641. The molecule has 2 aromatic rings. The quantitative estimate of drug-likeness (QED) is 0.833. The van der Waals surface area contributed by atoms with Crippen molar-refractivity contribution >= 4 is 10.8 Å². The fraction of sp³-hybridized carbons (Fsp3) is 0.412. The van der Waals surface area contributed by atoms with Gasteiger partial charge in [-0.2, -0.15) is 0 Å². The van der Waals surface area contributed by atoms with Crippen LogP contribution in [-0.2, 0) is 12.8 Å². The van der Waals surface area contributed by atoms with E-state index in [1.807, 2.05) is 18.2 Å². The molecular formula is C17H20O2. The van der Waals surface area contributed by atoms with Gasteiger partial charge in [0.15, 0.2) is 0 Å². The molecule has 2 aromatic carbocycles. The van der Waals surface area contributed by atoms with Crippen LogP contribution in [0.2, 0.25) is 0 Å². The zero-order chi connectivity index (χ0) is 13.6. The van der Waals surface area contributed by atoms with Crippen molar-refractivity contribution in [2.24, 2.45) is 5.41 Å². The highest BCUT2D eigenvalue weighted by atomic mass is 16.5. The molecule has 0 aliphatic heterocycles. The monoisotopic (exact) mass is 256 g/mol. The summed E-state index contributed by atoms with van der Waals surface area (Å²) in [5.41, 5.74) is 2.72. The molecule has 0 saturated carbocycles.